The van der Waals surface area contributed by atoms with Crippen molar-refractivity contribution in [1.29, 1.82) is 0 Å². The van der Waals surface area contributed by atoms with E-state index in [0.29, 0.717) is 24.3 Å². The van der Waals surface area contributed by atoms with E-state index in [1.165, 1.54) is 12.8 Å². The van der Waals surface area contributed by atoms with Gasteiger partial charge in [0.25, 0.3) is 0 Å². The molecule has 2 aliphatic heterocycles. The zero-order valence-electron chi connectivity index (χ0n) is 13.5. The second-order valence-corrected chi connectivity index (χ2v) is 6.66. The van der Waals surface area contributed by atoms with Crippen LogP contribution < -0.4 is 0 Å². The number of carbonyl (C=O) groups excluding carboxylic acids is 1. The maximum absolute atomic E-state index is 12.7. The lowest BCUT2D eigenvalue weighted by molar-refractivity contribution is -0.124. The molecule has 4 nitrogen and oxygen atoms in total. The van der Waals surface area contributed by atoms with Gasteiger partial charge in [-0.1, -0.05) is 6.92 Å². The van der Waals surface area contributed by atoms with Gasteiger partial charge in [-0.05, 0) is 52.1 Å². The molecule has 0 N–H and O–H groups in total. The predicted octanol–water partition coefficient (Wildman–Crippen LogP) is 2.45. The van der Waals surface area contributed by atoms with E-state index in [9.17, 15) is 4.79 Å². The Morgan fingerprint density at radius 2 is 1.95 bits per heavy atom. The number of nitrogens with zero attached hydrogens (tertiary/aromatic N) is 3. The Morgan fingerprint density at radius 1 is 1.29 bits per heavy atom. The Labute approximate surface area is 127 Å². The van der Waals surface area contributed by atoms with Crippen molar-refractivity contribution in [2.45, 2.75) is 71.0 Å². The molecule has 4 heteroatoms. The molecule has 0 radical (unpaired) electrons. The summed E-state index contributed by atoms with van der Waals surface area (Å²) in [6.45, 7) is 5.06. The van der Waals surface area contributed by atoms with Crippen molar-refractivity contribution in [2.24, 2.45) is 5.92 Å². The number of ketones is 1. The summed E-state index contributed by atoms with van der Waals surface area (Å²) in [5, 5.41) is 4.56. The van der Waals surface area contributed by atoms with Crippen molar-refractivity contribution in [3.8, 4) is 0 Å². The number of hydrogen-bond donors (Lipinski definition) is 0. The molecule has 3 rings (SSSR count). The maximum Gasteiger partial charge on any atom is 0.142 e. The van der Waals surface area contributed by atoms with Crippen molar-refractivity contribution in [1.82, 2.24) is 14.7 Å². The van der Waals surface area contributed by atoms with Crippen LogP contribution in [0.15, 0.2) is 6.07 Å². The lowest BCUT2D eigenvalue weighted by Crippen LogP contribution is -2.42. The standard InChI is InChI=1S/C17H27N3O/c1-4-13-10-16(20(5-2)18-13)11-17(21)12-8-14-6-7-15(9-12)19(14)3/h10,12,14-15H,4-9,11H2,1-3H3. The normalized spacial score (nSPS) is 29.0. The van der Waals surface area contributed by atoms with E-state index in [1.807, 2.05) is 4.68 Å². The quantitative estimate of drug-likeness (QED) is 0.835. The molecule has 2 saturated heterocycles. The summed E-state index contributed by atoms with van der Waals surface area (Å²) in [5.74, 6) is 0.696. The summed E-state index contributed by atoms with van der Waals surface area (Å²) in [7, 11) is 2.22. The van der Waals surface area contributed by atoms with E-state index in [-0.39, 0.29) is 5.92 Å². The number of aromatic nitrogens is 2. The SMILES string of the molecule is CCc1cc(CC(=O)C2CC3CCC(C2)N3C)n(CC)n1. The molecule has 2 fully saturated rings. The summed E-state index contributed by atoms with van der Waals surface area (Å²) in [4.78, 5) is 15.2. The van der Waals surface area contributed by atoms with Crippen LogP contribution in [0.1, 0.15) is 50.9 Å². The van der Waals surface area contributed by atoms with Crippen molar-refractivity contribution in [3.05, 3.63) is 17.5 Å². The molecule has 0 aromatic carbocycles. The molecule has 1 aromatic heterocycles. The van der Waals surface area contributed by atoms with Crippen LogP contribution in [0.4, 0.5) is 0 Å². The van der Waals surface area contributed by atoms with Crippen LogP contribution in [0.25, 0.3) is 0 Å². The highest BCUT2D eigenvalue weighted by Crippen LogP contribution is 2.38. The molecule has 0 saturated carbocycles. The van der Waals surface area contributed by atoms with Crippen LogP contribution in [0.2, 0.25) is 0 Å². The average Bonchev–Trinajstić information content (AvgIpc) is 2.94. The minimum atomic E-state index is 0.268. The fourth-order valence-corrected chi connectivity index (χ4v) is 4.10. The Morgan fingerprint density at radius 3 is 2.52 bits per heavy atom. The molecule has 2 atom stereocenters. The van der Waals surface area contributed by atoms with Gasteiger partial charge in [0.05, 0.1) is 5.69 Å². The second kappa shape index (κ2) is 5.91. The van der Waals surface area contributed by atoms with Crippen molar-refractivity contribution < 1.29 is 4.79 Å². The van der Waals surface area contributed by atoms with Gasteiger partial charge in [0.15, 0.2) is 0 Å². The highest BCUT2D eigenvalue weighted by atomic mass is 16.1. The molecule has 3 heterocycles. The minimum absolute atomic E-state index is 0.268. The summed E-state index contributed by atoms with van der Waals surface area (Å²) in [6, 6.07) is 3.39. The zero-order chi connectivity index (χ0) is 15.0. The number of piperidine rings is 1. The number of aryl methyl sites for hydroxylation is 2. The van der Waals surface area contributed by atoms with Crippen molar-refractivity contribution >= 4 is 5.78 Å². The first-order valence-corrected chi connectivity index (χ1v) is 8.42. The van der Waals surface area contributed by atoms with Gasteiger partial charge in [-0.25, -0.2) is 0 Å². The summed E-state index contributed by atoms with van der Waals surface area (Å²) in [6.07, 6.45) is 6.18. The molecular weight excluding hydrogens is 262 g/mol. The highest BCUT2D eigenvalue weighted by Gasteiger charge is 2.40. The first-order chi connectivity index (χ1) is 10.1. The van der Waals surface area contributed by atoms with Crippen LogP contribution in [-0.2, 0) is 24.2 Å². The molecule has 0 amide bonds. The van der Waals surface area contributed by atoms with E-state index in [4.69, 9.17) is 0 Å². The van der Waals surface area contributed by atoms with Gasteiger partial charge in [-0.2, -0.15) is 5.10 Å². The first-order valence-electron chi connectivity index (χ1n) is 8.42. The Hall–Kier alpha value is -1.16. The molecule has 2 unspecified atom stereocenters. The Balaban J connectivity index is 1.68. The van der Waals surface area contributed by atoms with Crippen molar-refractivity contribution in [2.75, 3.05) is 7.05 Å². The summed E-state index contributed by atoms with van der Waals surface area (Å²) in [5.41, 5.74) is 2.20. The Kier molecular flexibility index (Phi) is 4.16. The van der Waals surface area contributed by atoms with Gasteiger partial charge in [0, 0.05) is 36.7 Å². The average molecular weight is 289 g/mol. The minimum Gasteiger partial charge on any atom is -0.300 e. The third-order valence-electron chi connectivity index (χ3n) is 5.48. The monoisotopic (exact) mass is 289 g/mol. The fourth-order valence-electron chi connectivity index (χ4n) is 4.10. The third kappa shape index (κ3) is 2.78. The molecule has 0 aliphatic carbocycles. The lowest BCUT2D eigenvalue weighted by Gasteiger charge is -2.35. The molecule has 2 bridgehead atoms. The van der Waals surface area contributed by atoms with E-state index in [1.54, 1.807) is 0 Å². The van der Waals surface area contributed by atoms with Crippen LogP contribution in [0, 0.1) is 5.92 Å². The van der Waals surface area contributed by atoms with E-state index in [2.05, 4.69) is 37.0 Å². The number of rotatable bonds is 5. The van der Waals surface area contributed by atoms with Crippen molar-refractivity contribution in [3.63, 3.8) is 0 Å². The van der Waals surface area contributed by atoms with E-state index in [0.717, 1.165) is 37.2 Å². The van der Waals surface area contributed by atoms with Gasteiger partial charge in [0.1, 0.15) is 5.78 Å². The summed E-state index contributed by atoms with van der Waals surface area (Å²) < 4.78 is 2.00. The molecule has 21 heavy (non-hydrogen) atoms. The summed E-state index contributed by atoms with van der Waals surface area (Å²) >= 11 is 0. The molecule has 0 spiro atoms. The van der Waals surface area contributed by atoms with Crippen LogP contribution in [0.3, 0.4) is 0 Å². The topological polar surface area (TPSA) is 38.1 Å². The number of Topliss-reactive ketones (excluding diaryl/α,β-unsaturated/α-hetero) is 1. The molecular formula is C17H27N3O. The van der Waals surface area contributed by atoms with Gasteiger partial charge in [-0.3, -0.25) is 9.48 Å². The predicted molar refractivity (Wildman–Crippen MR) is 83.3 cm³/mol. The largest absolute Gasteiger partial charge is 0.300 e. The number of carbonyl (C=O) groups is 1. The van der Waals surface area contributed by atoms with Crippen LogP contribution >= 0.6 is 0 Å². The number of fused-ring (bicyclic) bond motifs is 2. The van der Waals surface area contributed by atoms with Gasteiger partial charge in [0.2, 0.25) is 0 Å². The third-order valence-corrected chi connectivity index (χ3v) is 5.48. The van der Waals surface area contributed by atoms with Gasteiger partial charge >= 0.3 is 0 Å². The Bertz CT molecular complexity index is 508. The smallest absolute Gasteiger partial charge is 0.142 e. The molecule has 2 aliphatic rings. The fraction of sp³-hybridized carbons (Fsp3) is 0.765. The first kappa shape index (κ1) is 14.8. The van der Waals surface area contributed by atoms with E-state index >= 15 is 0 Å². The van der Waals surface area contributed by atoms with Crippen LogP contribution in [0.5, 0.6) is 0 Å². The van der Waals surface area contributed by atoms with Gasteiger partial charge in [-0.15, -0.1) is 0 Å². The number of hydrogen-bond acceptors (Lipinski definition) is 3. The van der Waals surface area contributed by atoms with E-state index < -0.39 is 0 Å². The highest BCUT2D eigenvalue weighted by molar-refractivity contribution is 5.83. The maximum atomic E-state index is 12.7. The van der Waals surface area contributed by atoms with Gasteiger partial charge < -0.3 is 4.90 Å². The van der Waals surface area contributed by atoms with Crippen LogP contribution in [-0.4, -0.2) is 39.6 Å². The second-order valence-electron chi connectivity index (χ2n) is 6.66. The lowest BCUT2D eigenvalue weighted by atomic mass is 9.86. The molecule has 116 valence electrons. The molecule has 1 aromatic rings. The zero-order valence-corrected chi connectivity index (χ0v) is 13.5.